The quantitative estimate of drug-likeness (QED) is 0.270. The Labute approximate surface area is 72.1 Å². The van der Waals surface area contributed by atoms with E-state index in [4.69, 9.17) is 18.1 Å². The van der Waals surface area contributed by atoms with Gasteiger partial charge in [-0.25, -0.2) is 0 Å². The molecule has 0 spiro atoms. The second-order valence-electron chi connectivity index (χ2n) is 0.466. The molecule has 0 aliphatic carbocycles. The van der Waals surface area contributed by atoms with Crippen molar-refractivity contribution in [2.75, 3.05) is 0 Å². The van der Waals surface area contributed by atoms with Gasteiger partial charge in [0.15, 0.2) is 0 Å². The van der Waals surface area contributed by atoms with Gasteiger partial charge in [-0.2, -0.15) is 4.21 Å². The van der Waals surface area contributed by atoms with E-state index >= 15 is 0 Å². The zero-order valence-corrected chi connectivity index (χ0v) is 4.51. The van der Waals surface area contributed by atoms with E-state index in [0.717, 1.165) is 6.29 Å². The number of carbonyl (C=O) groups excluding carboxylic acids is 1. The molecule has 0 aromatic rings. The minimum absolute atomic E-state index is 0. The van der Waals surface area contributed by atoms with Gasteiger partial charge in [0, 0.05) is 0 Å². The van der Waals surface area contributed by atoms with Gasteiger partial charge in [0.1, 0.15) is 6.29 Å². The van der Waals surface area contributed by atoms with Crippen molar-refractivity contribution in [3.63, 3.8) is 0 Å². The van der Waals surface area contributed by atoms with Crippen LogP contribution < -0.4 is 0 Å². The van der Waals surface area contributed by atoms with E-state index < -0.39 is 11.4 Å². The van der Waals surface area contributed by atoms with Crippen LogP contribution in [0.5, 0.6) is 0 Å². The Bertz CT molecular complexity index is 61.1. The third-order valence-electron chi connectivity index (χ3n) is 0. The van der Waals surface area contributed by atoms with Crippen molar-refractivity contribution < 1.29 is 18.1 Å². The molecule has 0 fully saturated rings. The summed E-state index contributed by atoms with van der Waals surface area (Å²) in [5, 5.41) is 0. The molecule has 0 saturated carbocycles. The molecule has 0 rings (SSSR count). The molecule has 0 saturated heterocycles. The van der Waals surface area contributed by atoms with Gasteiger partial charge < -0.3 is 4.79 Å². The Kier molecular flexibility index (Phi) is 31.1. The molecule has 8 heavy (non-hydrogen) atoms. The van der Waals surface area contributed by atoms with E-state index in [-0.39, 0.29) is 29.6 Å². The SMILES string of the molecule is CC=O.O=S(O)O.[NaH]. The standard InChI is InChI=1S/C2H4O.Na.H2O3S.H/c1-2-3;;1-4(2)3;/h2H,1H3;;(H2,1,2,3);. The van der Waals surface area contributed by atoms with Crippen molar-refractivity contribution in [1.82, 2.24) is 0 Å². The van der Waals surface area contributed by atoms with Crippen molar-refractivity contribution in [1.29, 1.82) is 0 Å². The number of hydrogen-bond acceptors (Lipinski definition) is 2. The molecule has 0 aromatic carbocycles. The molecule has 0 aromatic heterocycles. The minimum atomic E-state index is -2.61. The van der Waals surface area contributed by atoms with E-state index in [1.165, 1.54) is 6.92 Å². The Morgan fingerprint density at radius 1 is 1.50 bits per heavy atom. The molecular weight excluding hydrogens is 143 g/mol. The van der Waals surface area contributed by atoms with Gasteiger partial charge in [0.05, 0.1) is 0 Å². The van der Waals surface area contributed by atoms with Crippen LogP contribution in [0, 0.1) is 0 Å². The molecular formula is C2H7NaO4S. The second-order valence-corrected chi connectivity index (χ2v) is 0.928. The van der Waals surface area contributed by atoms with Crippen molar-refractivity contribution in [3.8, 4) is 0 Å². The summed E-state index contributed by atoms with van der Waals surface area (Å²) in [4.78, 5) is 8.81. The first-order chi connectivity index (χ1) is 3.15. The predicted molar refractivity (Wildman–Crippen MR) is 32.3 cm³/mol. The fraction of sp³-hybridized carbons (Fsp3) is 0.500. The van der Waals surface area contributed by atoms with Crippen LogP contribution in [-0.2, 0) is 16.2 Å². The fourth-order valence-corrected chi connectivity index (χ4v) is 0. The molecule has 2 N–H and O–H groups in total. The van der Waals surface area contributed by atoms with Gasteiger partial charge in [0.25, 0.3) is 11.4 Å². The van der Waals surface area contributed by atoms with Crippen LogP contribution in [0.2, 0.25) is 0 Å². The summed E-state index contributed by atoms with van der Waals surface area (Å²) >= 11 is -2.61. The maximum absolute atomic E-state index is 8.81. The van der Waals surface area contributed by atoms with Gasteiger partial charge in [0.2, 0.25) is 0 Å². The van der Waals surface area contributed by atoms with E-state index in [1.807, 2.05) is 0 Å². The third-order valence-corrected chi connectivity index (χ3v) is 0. The maximum atomic E-state index is 8.81. The molecule has 0 radical (unpaired) electrons. The Hall–Kier alpha value is 0.740. The Morgan fingerprint density at radius 2 is 1.50 bits per heavy atom. The van der Waals surface area contributed by atoms with Crippen LogP contribution in [0.15, 0.2) is 0 Å². The van der Waals surface area contributed by atoms with E-state index in [9.17, 15) is 0 Å². The number of aldehydes is 1. The van der Waals surface area contributed by atoms with E-state index in [1.54, 1.807) is 0 Å². The summed E-state index contributed by atoms with van der Waals surface area (Å²) in [5.41, 5.74) is 0. The monoisotopic (exact) mass is 150 g/mol. The number of rotatable bonds is 0. The summed E-state index contributed by atoms with van der Waals surface area (Å²) < 4.78 is 22.8. The first kappa shape index (κ1) is 15.9. The first-order valence-electron chi connectivity index (χ1n) is 1.34. The molecule has 0 bridgehead atoms. The van der Waals surface area contributed by atoms with Crippen LogP contribution >= 0.6 is 0 Å². The molecule has 0 aliphatic heterocycles. The van der Waals surface area contributed by atoms with Crippen LogP contribution in [0.25, 0.3) is 0 Å². The van der Waals surface area contributed by atoms with E-state index in [2.05, 4.69) is 0 Å². The van der Waals surface area contributed by atoms with E-state index in [0.29, 0.717) is 0 Å². The van der Waals surface area contributed by atoms with Crippen LogP contribution in [0.3, 0.4) is 0 Å². The van der Waals surface area contributed by atoms with Gasteiger partial charge in [-0.15, -0.1) is 0 Å². The van der Waals surface area contributed by atoms with Crippen molar-refractivity contribution in [2.24, 2.45) is 0 Å². The molecule has 4 nitrogen and oxygen atoms in total. The summed E-state index contributed by atoms with van der Waals surface area (Å²) in [6.07, 6.45) is 0.750. The first-order valence-corrected chi connectivity index (χ1v) is 2.41. The van der Waals surface area contributed by atoms with Crippen LogP contribution in [0.1, 0.15) is 6.92 Å². The van der Waals surface area contributed by atoms with Gasteiger partial charge in [-0.05, 0) is 6.92 Å². The van der Waals surface area contributed by atoms with Gasteiger partial charge in [-0.1, -0.05) is 0 Å². The Balaban J connectivity index is -0.0000000575. The molecule has 0 aliphatic rings. The van der Waals surface area contributed by atoms with Gasteiger partial charge >= 0.3 is 29.6 Å². The second kappa shape index (κ2) is 15.6. The predicted octanol–water partition coefficient (Wildman–Crippen LogP) is -0.762. The fourth-order valence-electron chi connectivity index (χ4n) is 0. The normalized spacial score (nSPS) is 6.00. The molecule has 6 heteroatoms. The average Bonchev–Trinajstić information content (AvgIpc) is 1.33. The summed E-state index contributed by atoms with van der Waals surface area (Å²) in [6, 6.07) is 0. The number of hydrogen-bond donors (Lipinski definition) is 2. The van der Waals surface area contributed by atoms with Gasteiger partial charge in [-0.3, -0.25) is 9.11 Å². The van der Waals surface area contributed by atoms with Crippen LogP contribution in [-0.4, -0.2) is 49.2 Å². The summed E-state index contributed by atoms with van der Waals surface area (Å²) in [5.74, 6) is 0. The van der Waals surface area contributed by atoms with Crippen LogP contribution in [0.4, 0.5) is 0 Å². The molecule has 0 atom stereocenters. The molecule has 46 valence electrons. The third kappa shape index (κ3) is 406. The molecule has 0 amide bonds. The summed E-state index contributed by atoms with van der Waals surface area (Å²) in [7, 11) is 0. The average molecular weight is 150 g/mol. The van der Waals surface area contributed by atoms with Crippen molar-refractivity contribution >= 4 is 47.2 Å². The zero-order chi connectivity index (χ0) is 6.28. The Morgan fingerprint density at radius 3 is 1.50 bits per heavy atom. The van der Waals surface area contributed by atoms with Crippen molar-refractivity contribution in [3.05, 3.63) is 0 Å². The molecule has 0 unspecified atom stereocenters. The molecule has 0 heterocycles. The summed E-state index contributed by atoms with van der Waals surface area (Å²) in [6.45, 7) is 1.44. The topological polar surface area (TPSA) is 74.6 Å². The van der Waals surface area contributed by atoms with Crippen molar-refractivity contribution in [2.45, 2.75) is 6.92 Å². The number of carbonyl (C=O) groups is 1. The zero-order valence-electron chi connectivity index (χ0n) is 3.70.